The standard InChI is InChI=1S/C21H28O2/c1-4-21(23)10-8-18-19-13(2)11-14-12-15(22)5-6-16(14)17(19)7-9-20(18,21)3/h1,13,17-19,23H,5-12H2,2-3H3/t13-,17-,18+,19-,20+,21+/m0/s1. The fraction of sp³-hybridized carbons (Fsp3) is 0.762. The number of fused-ring (bicyclic) bond motifs is 4. The van der Waals surface area contributed by atoms with Crippen LogP contribution in [0.3, 0.4) is 0 Å². The highest BCUT2D eigenvalue weighted by Crippen LogP contribution is 2.65. The second-order valence-corrected chi connectivity index (χ2v) is 8.82. The maximum absolute atomic E-state index is 11.9. The third-order valence-electron chi connectivity index (χ3n) is 7.93. The predicted molar refractivity (Wildman–Crippen MR) is 90.5 cm³/mol. The van der Waals surface area contributed by atoms with Gasteiger partial charge in [0.1, 0.15) is 11.4 Å². The van der Waals surface area contributed by atoms with Crippen LogP contribution in [0.2, 0.25) is 0 Å². The van der Waals surface area contributed by atoms with Crippen LogP contribution in [0.5, 0.6) is 0 Å². The molecule has 2 nitrogen and oxygen atoms in total. The lowest BCUT2D eigenvalue weighted by Gasteiger charge is -2.55. The van der Waals surface area contributed by atoms with Crippen molar-refractivity contribution in [1.82, 2.24) is 0 Å². The number of rotatable bonds is 0. The summed E-state index contributed by atoms with van der Waals surface area (Å²) in [6.07, 6.45) is 13.2. The lowest BCUT2D eigenvalue weighted by Crippen LogP contribution is -2.52. The molecule has 0 amide bonds. The van der Waals surface area contributed by atoms with Gasteiger partial charge in [-0.3, -0.25) is 4.79 Å². The summed E-state index contributed by atoms with van der Waals surface area (Å²) in [6.45, 7) is 4.60. The summed E-state index contributed by atoms with van der Waals surface area (Å²) in [6, 6.07) is 0. The van der Waals surface area contributed by atoms with Crippen molar-refractivity contribution in [2.24, 2.45) is 29.1 Å². The van der Waals surface area contributed by atoms with Crippen LogP contribution in [0.25, 0.3) is 0 Å². The largest absolute Gasteiger partial charge is 0.377 e. The molecule has 4 rings (SSSR count). The summed E-state index contributed by atoms with van der Waals surface area (Å²) in [5.41, 5.74) is 2.04. The lowest BCUT2D eigenvalue weighted by molar-refractivity contribution is -0.119. The highest BCUT2D eigenvalue weighted by molar-refractivity contribution is 5.82. The summed E-state index contributed by atoms with van der Waals surface area (Å²) >= 11 is 0. The van der Waals surface area contributed by atoms with Crippen LogP contribution in [-0.2, 0) is 4.79 Å². The Balaban J connectivity index is 1.72. The summed E-state index contributed by atoms with van der Waals surface area (Å²) in [7, 11) is 0. The molecule has 0 aliphatic heterocycles. The topological polar surface area (TPSA) is 37.3 Å². The Labute approximate surface area is 139 Å². The number of hydrogen-bond acceptors (Lipinski definition) is 2. The van der Waals surface area contributed by atoms with E-state index in [0.29, 0.717) is 35.9 Å². The Morgan fingerprint density at radius 3 is 2.78 bits per heavy atom. The van der Waals surface area contributed by atoms with Gasteiger partial charge in [0.15, 0.2) is 0 Å². The van der Waals surface area contributed by atoms with Crippen molar-refractivity contribution in [2.45, 2.75) is 70.8 Å². The molecule has 124 valence electrons. The van der Waals surface area contributed by atoms with Crippen LogP contribution in [0, 0.1) is 41.4 Å². The number of carbonyl (C=O) groups is 1. The molecule has 0 radical (unpaired) electrons. The molecule has 4 aliphatic rings. The minimum Gasteiger partial charge on any atom is -0.377 e. The number of Topliss-reactive ketones (excluding diaryl/α,β-unsaturated/α-hetero) is 1. The maximum Gasteiger partial charge on any atom is 0.137 e. The van der Waals surface area contributed by atoms with Crippen molar-refractivity contribution >= 4 is 5.78 Å². The molecule has 2 fully saturated rings. The maximum atomic E-state index is 11.9. The third kappa shape index (κ3) is 1.96. The monoisotopic (exact) mass is 312 g/mol. The van der Waals surface area contributed by atoms with Gasteiger partial charge < -0.3 is 5.11 Å². The first-order chi connectivity index (χ1) is 10.9. The average Bonchev–Trinajstić information content (AvgIpc) is 2.79. The molecule has 0 aromatic carbocycles. The fourth-order valence-electron chi connectivity index (χ4n) is 6.72. The zero-order valence-electron chi connectivity index (χ0n) is 14.4. The van der Waals surface area contributed by atoms with E-state index >= 15 is 0 Å². The van der Waals surface area contributed by atoms with Crippen LogP contribution in [-0.4, -0.2) is 16.5 Å². The second kappa shape index (κ2) is 4.96. The molecule has 0 spiro atoms. The van der Waals surface area contributed by atoms with E-state index in [2.05, 4.69) is 19.8 Å². The van der Waals surface area contributed by atoms with Crippen LogP contribution in [0.15, 0.2) is 11.1 Å². The van der Waals surface area contributed by atoms with Crippen LogP contribution >= 0.6 is 0 Å². The van der Waals surface area contributed by atoms with E-state index in [9.17, 15) is 9.90 Å². The summed E-state index contributed by atoms with van der Waals surface area (Å²) < 4.78 is 0. The SMILES string of the molecule is C#C[C@@]1(O)CC[C@@H]2[C@H]3[C@@H](C)CC4=C(CCC(=O)C4)[C@@H]3CC[C@]21C. The molecule has 2 heteroatoms. The number of ketones is 1. The van der Waals surface area contributed by atoms with Gasteiger partial charge in [0, 0.05) is 18.3 Å². The normalized spacial score (nSPS) is 49.2. The van der Waals surface area contributed by atoms with Gasteiger partial charge in [-0.25, -0.2) is 0 Å². The highest BCUT2D eigenvalue weighted by atomic mass is 16.3. The van der Waals surface area contributed by atoms with Crippen molar-refractivity contribution < 1.29 is 9.90 Å². The van der Waals surface area contributed by atoms with E-state index < -0.39 is 5.60 Å². The Bertz CT molecular complexity index is 624. The Morgan fingerprint density at radius 1 is 1.26 bits per heavy atom. The van der Waals surface area contributed by atoms with Crippen LogP contribution < -0.4 is 0 Å². The molecular weight excluding hydrogens is 284 g/mol. The first-order valence-corrected chi connectivity index (χ1v) is 9.32. The first kappa shape index (κ1) is 15.5. The Kier molecular flexibility index (Phi) is 3.34. The summed E-state index contributed by atoms with van der Waals surface area (Å²) in [5, 5.41) is 11.0. The van der Waals surface area contributed by atoms with E-state index in [4.69, 9.17) is 6.42 Å². The summed E-state index contributed by atoms with van der Waals surface area (Å²) in [5.74, 6) is 5.60. The number of allylic oxidation sites excluding steroid dienone is 2. The number of aliphatic hydroxyl groups is 1. The van der Waals surface area contributed by atoms with Crippen molar-refractivity contribution in [2.75, 3.05) is 0 Å². The van der Waals surface area contributed by atoms with E-state index in [-0.39, 0.29) is 5.41 Å². The van der Waals surface area contributed by atoms with Gasteiger partial charge in [-0.05, 0) is 62.2 Å². The zero-order valence-corrected chi connectivity index (χ0v) is 14.4. The van der Waals surface area contributed by atoms with Crippen LogP contribution in [0.4, 0.5) is 0 Å². The molecule has 23 heavy (non-hydrogen) atoms. The number of carbonyl (C=O) groups excluding carboxylic acids is 1. The molecule has 4 aliphatic carbocycles. The van der Waals surface area contributed by atoms with Gasteiger partial charge in [-0.2, -0.15) is 0 Å². The summed E-state index contributed by atoms with van der Waals surface area (Å²) in [4.78, 5) is 11.9. The Morgan fingerprint density at radius 2 is 2.04 bits per heavy atom. The quantitative estimate of drug-likeness (QED) is 0.544. The van der Waals surface area contributed by atoms with Gasteiger partial charge in [0.2, 0.25) is 0 Å². The molecule has 0 aromatic heterocycles. The molecular formula is C21H28O2. The van der Waals surface area contributed by atoms with Crippen molar-refractivity contribution in [1.29, 1.82) is 0 Å². The smallest absolute Gasteiger partial charge is 0.137 e. The highest BCUT2D eigenvalue weighted by Gasteiger charge is 2.62. The number of hydrogen-bond donors (Lipinski definition) is 1. The molecule has 0 saturated heterocycles. The minimum absolute atomic E-state index is 0.125. The second-order valence-electron chi connectivity index (χ2n) is 8.82. The van der Waals surface area contributed by atoms with Gasteiger partial charge >= 0.3 is 0 Å². The molecule has 1 N–H and O–H groups in total. The van der Waals surface area contributed by atoms with E-state index in [1.807, 2.05) is 0 Å². The third-order valence-corrected chi connectivity index (χ3v) is 7.93. The molecule has 0 heterocycles. The first-order valence-electron chi connectivity index (χ1n) is 9.32. The van der Waals surface area contributed by atoms with Gasteiger partial charge in [0.25, 0.3) is 0 Å². The van der Waals surface area contributed by atoms with Crippen LogP contribution in [0.1, 0.15) is 65.2 Å². The zero-order chi connectivity index (χ0) is 16.4. The van der Waals surface area contributed by atoms with Gasteiger partial charge in [-0.1, -0.05) is 30.9 Å². The number of terminal acetylenes is 1. The van der Waals surface area contributed by atoms with Crippen molar-refractivity contribution in [3.63, 3.8) is 0 Å². The molecule has 0 unspecified atom stereocenters. The van der Waals surface area contributed by atoms with Crippen molar-refractivity contribution in [3.05, 3.63) is 11.1 Å². The fourth-order valence-corrected chi connectivity index (χ4v) is 6.72. The van der Waals surface area contributed by atoms with E-state index in [1.54, 1.807) is 5.57 Å². The van der Waals surface area contributed by atoms with E-state index in [0.717, 1.165) is 44.9 Å². The van der Waals surface area contributed by atoms with Gasteiger partial charge in [0.05, 0.1) is 0 Å². The van der Waals surface area contributed by atoms with Gasteiger partial charge in [-0.15, -0.1) is 6.42 Å². The predicted octanol–water partition coefficient (Wildman–Crippen LogP) is 3.88. The molecule has 0 aromatic rings. The molecule has 0 bridgehead atoms. The minimum atomic E-state index is -0.917. The lowest BCUT2D eigenvalue weighted by atomic mass is 9.50. The molecule has 2 saturated carbocycles. The van der Waals surface area contributed by atoms with Crippen molar-refractivity contribution in [3.8, 4) is 12.3 Å². The average molecular weight is 312 g/mol. The molecule has 6 atom stereocenters. The Hall–Kier alpha value is -1.07. The van der Waals surface area contributed by atoms with E-state index in [1.165, 1.54) is 5.57 Å².